The highest BCUT2D eigenvalue weighted by Crippen LogP contribution is 2.31. The molecule has 26 heavy (non-hydrogen) atoms. The average molecular weight is 430 g/mol. The van der Waals surface area contributed by atoms with Gasteiger partial charge in [0.05, 0.1) is 18.0 Å². The van der Waals surface area contributed by atoms with Crippen LogP contribution in [-0.4, -0.2) is 27.4 Å². The predicted molar refractivity (Wildman–Crippen MR) is 112 cm³/mol. The highest BCUT2D eigenvalue weighted by Gasteiger charge is 2.37. The van der Waals surface area contributed by atoms with E-state index in [0.29, 0.717) is 11.7 Å². The van der Waals surface area contributed by atoms with Crippen molar-refractivity contribution < 1.29 is 4.79 Å². The predicted octanol–water partition coefficient (Wildman–Crippen LogP) is 5.08. The van der Waals surface area contributed by atoms with Gasteiger partial charge >= 0.3 is 0 Å². The number of carbonyl (C=O) groups is 1. The lowest BCUT2D eigenvalue weighted by atomic mass is 10.2. The molecule has 2 aromatic rings. The highest BCUT2D eigenvalue weighted by molar-refractivity contribution is 9.10. The zero-order valence-corrected chi connectivity index (χ0v) is 16.9. The number of rotatable bonds is 6. The van der Waals surface area contributed by atoms with Gasteiger partial charge in [0, 0.05) is 4.47 Å². The van der Waals surface area contributed by atoms with Crippen LogP contribution in [-0.2, 0) is 11.3 Å². The fourth-order valence-corrected chi connectivity index (χ4v) is 4.11. The first-order valence-corrected chi connectivity index (χ1v) is 10.2. The van der Waals surface area contributed by atoms with E-state index in [1.807, 2.05) is 54.6 Å². The van der Waals surface area contributed by atoms with Crippen LogP contribution in [0.1, 0.15) is 30.9 Å². The van der Waals surface area contributed by atoms with Crippen molar-refractivity contribution in [3.05, 3.63) is 70.2 Å². The molecule has 0 aliphatic carbocycles. The summed E-state index contributed by atoms with van der Waals surface area (Å²) in [6.07, 6.45) is 3.53. The van der Waals surface area contributed by atoms with Gasteiger partial charge in [-0.05, 0) is 29.7 Å². The van der Waals surface area contributed by atoms with Gasteiger partial charge < -0.3 is 0 Å². The van der Waals surface area contributed by atoms with Crippen molar-refractivity contribution >= 4 is 45.0 Å². The lowest BCUT2D eigenvalue weighted by Gasteiger charge is -2.15. The Bertz CT molecular complexity index is 806. The van der Waals surface area contributed by atoms with Gasteiger partial charge in [0.2, 0.25) is 5.91 Å². The summed E-state index contributed by atoms with van der Waals surface area (Å²) in [5.74, 6) is 0.123. The van der Waals surface area contributed by atoms with Gasteiger partial charge in [0.15, 0.2) is 5.17 Å². The molecule has 1 saturated heterocycles. The molecule has 0 aromatic heterocycles. The summed E-state index contributed by atoms with van der Waals surface area (Å²) >= 11 is 4.93. The van der Waals surface area contributed by atoms with Crippen molar-refractivity contribution in [1.82, 2.24) is 4.90 Å². The van der Waals surface area contributed by atoms with Crippen molar-refractivity contribution in [3.8, 4) is 0 Å². The molecule has 6 heteroatoms. The van der Waals surface area contributed by atoms with Crippen LogP contribution in [0.4, 0.5) is 0 Å². The molecular formula is C20H20BrN3OS. The second-order valence-corrected chi connectivity index (χ2v) is 8.07. The van der Waals surface area contributed by atoms with E-state index >= 15 is 0 Å². The lowest BCUT2D eigenvalue weighted by molar-refractivity contribution is -0.126. The summed E-state index contributed by atoms with van der Waals surface area (Å²) in [4.78, 5) is 14.5. The first-order valence-electron chi connectivity index (χ1n) is 8.56. The van der Waals surface area contributed by atoms with Crippen molar-refractivity contribution in [2.45, 2.75) is 31.6 Å². The van der Waals surface area contributed by atoms with Gasteiger partial charge in [-0.1, -0.05) is 83.5 Å². The summed E-state index contributed by atoms with van der Waals surface area (Å²) in [7, 11) is 0. The van der Waals surface area contributed by atoms with Crippen LogP contribution in [0.25, 0.3) is 0 Å². The quantitative estimate of drug-likeness (QED) is 0.474. The first-order chi connectivity index (χ1) is 12.7. The molecule has 1 fully saturated rings. The Kier molecular flexibility index (Phi) is 6.63. The standard InChI is InChI=1S/C20H20BrN3OS/c1-2-6-18-19(25)24(14-16-7-4-3-5-8-16)20(26-18)23-22-13-15-9-11-17(21)12-10-15/h3-5,7-13,18H,2,6,14H2,1H3/b22-13+,23-20-. The number of hydrogen-bond acceptors (Lipinski definition) is 4. The van der Waals surface area contributed by atoms with Crippen molar-refractivity contribution in [1.29, 1.82) is 0 Å². The molecule has 134 valence electrons. The molecule has 0 saturated carbocycles. The minimum absolute atomic E-state index is 0.0645. The van der Waals surface area contributed by atoms with Crippen LogP contribution in [0.3, 0.4) is 0 Å². The molecule has 0 bridgehead atoms. The number of hydrogen-bond donors (Lipinski definition) is 0. The molecule has 2 aromatic carbocycles. The van der Waals surface area contributed by atoms with Crippen molar-refractivity contribution in [2.24, 2.45) is 10.2 Å². The van der Waals surface area contributed by atoms with E-state index in [1.54, 1.807) is 11.1 Å². The number of thioether (sulfide) groups is 1. The number of amides is 1. The Balaban J connectivity index is 1.79. The zero-order valence-electron chi connectivity index (χ0n) is 14.5. The molecule has 1 aliphatic heterocycles. The third-order valence-corrected chi connectivity index (χ3v) is 5.74. The highest BCUT2D eigenvalue weighted by atomic mass is 79.9. The van der Waals surface area contributed by atoms with Crippen LogP contribution >= 0.6 is 27.7 Å². The molecule has 4 nitrogen and oxygen atoms in total. The van der Waals surface area contributed by atoms with Gasteiger partial charge in [-0.2, -0.15) is 5.10 Å². The fourth-order valence-electron chi connectivity index (χ4n) is 2.64. The van der Waals surface area contributed by atoms with Gasteiger partial charge in [-0.25, -0.2) is 0 Å². The second-order valence-electron chi connectivity index (χ2n) is 5.98. The molecule has 3 rings (SSSR count). The number of carbonyl (C=O) groups excluding carboxylic acids is 1. The van der Waals surface area contributed by atoms with E-state index in [1.165, 1.54) is 11.8 Å². The molecule has 1 amide bonds. The molecule has 1 aliphatic rings. The maximum absolute atomic E-state index is 12.7. The Morgan fingerprint density at radius 3 is 2.58 bits per heavy atom. The Labute approximate surface area is 166 Å². The normalized spacial score (nSPS) is 19.0. The van der Waals surface area contributed by atoms with E-state index in [0.717, 1.165) is 28.4 Å². The van der Waals surface area contributed by atoms with Crippen molar-refractivity contribution in [3.63, 3.8) is 0 Å². The second kappa shape index (κ2) is 9.14. The summed E-state index contributed by atoms with van der Waals surface area (Å²) in [5.41, 5.74) is 2.05. The molecule has 1 unspecified atom stereocenters. The monoisotopic (exact) mass is 429 g/mol. The Morgan fingerprint density at radius 2 is 1.88 bits per heavy atom. The van der Waals surface area contributed by atoms with E-state index in [4.69, 9.17) is 0 Å². The van der Waals surface area contributed by atoms with E-state index in [2.05, 4.69) is 33.1 Å². The number of halogens is 1. The topological polar surface area (TPSA) is 45.0 Å². The smallest absolute Gasteiger partial charge is 0.242 e. The van der Waals surface area contributed by atoms with Crippen LogP contribution < -0.4 is 0 Å². The molecule has 0 N–H and O–H groups in total. The van der Waals surface area contributed by atoms with E-state index in [-0.39, 0.29) is 11.2 Å². The number of nitrogens with zero attached hydrogens (tertiary/aromatic N) is 3. The maximum atomic E-state index is 12.7. The van der Waals surface area contributed by atoms with Gasteiger partial charge in [-0.3, -0.25) is 9.69 Å². The summed E-state index contributed by atoms with van der Waals surface area (Å²) < 4.78 is 1.02. The van der Waals surface area contributed by atoms with E-state index < -0.39 is 0 Å². The van der Waals surface area contributed by atoms with E-state index in [9.17, 15) is 4.79 Å². The third kappa shape index (κ3) is 4.83. The molecular weight excluding hydrogens is 410 g/mol. The Morgan fingerprint density at radius 1 is 1.15 bits per heavy atom. The largest absolute Gasteiger partial charge is 0.284 e. The molecule has 0 radical (unpaired) electrons. The van der Waals surface area contributed by atoms with Crippen LogP contribution in [0.2, 0.25) is 0 Å². The van der Waals surface area contributed by atoms with Gasteiger partial charge in [0.25, 0.3) is 0 Å². The SMILES string of the molecule is CCCC1S/C(=N\N=C\c2ccc(Br)cc2)N(Cc2ccccc2)C1=O. The number of benzene rings is 2. The Hall–Kier alpha value is -1.92. The summed E-state index contributed by atoms with van der Waals surface area (Å²) in [5, 5.41) is 9.16. The van der Waals surface area contributed by atoms with Crippen LogP contribution in [0, 0.1) is 0 Å². The van der Waals surface area contributed by atoms with Crippen LogP contribution in [0.5, 0.6) is 0 Å². The van der Waals surface area contributed by atoms with Crippen molar-refractivity contribution in [2.75, 3.05) is 0 Å². The van der Waals surface area contributed by atoms with Crippen LogP contribution in [0.15, 0.2) is 69.3 Å². The minimum atomic E-state index is -0.0645. The third-order valence-electron chi connectivity index (χ3n) is 3.97. The first kappa shape index (κ1) is 18.9. The average Bonchev–Trinajstić information content (AvgIpc) is 2.94. The molecule has 0 spiro atoms. The molecule has 1 atom stereocenters. The molecule has 1 heterocycles. The zero-order chi connectivity index (χ0) is 18.4. The summed E-state index contributed by atoms with van der Waals surface area (Å²) in [6, 6.07) is 17.8. The van der Waals surface area contributed by atoms with Gasteiger partial charge in [-0.15, -0.1) is 5.10 Å². The number of amidine groups is 1. The summed E-state index contributed by atoms with van der Waals surface area (Å²) in [6.45, 7) is 2.62. The minimum Gasteiger partial charge on any atom is -0.284 e. The fraction of sp³-hybridized carbons (Fsp3) is 0.250. The lowest BCUT2D eigenvalue weighted by Crippen LogP contribution is -2.31. The van der Waals surface area contributed by atoms with Gasteiger partial charge in [0.1, 0.15) is 0 Å². The maximum Gasteiger partial charge on any atom is 0.242 e.